The van der Waals surface area contributed by atoms with Crippen LogP contribution < -0.4 is 5.32 Å². The second kappa shape index (κ2) is 7.59. The van der Waals surface area contributed by atoms with Crippen molar-refractivity contribution < 1.29 is 4.74 Å². The molecule has 0 amide bonds. The molecule has 1 heterocycles. The SMILES string of the molecule is COCCCCCNCc1cc[nH]c1. The van der Waals surface area contributed by atoms with Crippen molar-refractivity contribution in [3.05, 3.63) is 24.0 Å². The van der Waals surface area contributed by atoms with Crippen LogP contribution in [0.1, 0.15) is 24.8 Å². The van der Waals surface area contributed by atoms with E-state index in [9.17, 15) is 0 Å². The van der Waals surface area contributed by atoms with Crippen LogP contribution in [-0.2, 0) is 11.3 Å². The molecule has 0 radical (unpaired) electrons. The first-order valence-electron chi connectivity index (χ1n) is 5.25. The zero-order valence-electron chi connectivity index (χ0n) is 8.88. The van der Waals surface area contributed by atoms with E-state index in [1.165, 1.54) is 24.8 Å². The molecular formula is C11H20N2O. The van der Waals surface area contributed by atoms with E-state index in [0.717, 1.165) is 19.7 Å². The molecule has 2 N–H and O–H groups in total. The molecule has 0 unspecified atom stereocenters. The number of nitrogens with one attached hydrogen (secondary N) is 2. The molecule has 0 saturated heterocycles. The lowest BCUT2D eigenvalue weighted by Crippen LogP contribution is -2.14. The number of aromatic nitrogens is 1. The van der Waals surface area contributed by atoms with E-state index in [1.54, 1.807) is 7.11 Å². The van der Waals surface area contributed by atoms with E-state index in [4.69, 9.17) is 4.74 Å². The van der Waals surface area contributed by atoms with Gasteiger partial charge in [-0.3, -0.25) is 0 Å². The standard InChI is InChI=1S/C11H20N2O/c1-14-8-4-2-3-6-12-9-11-5-7-13-10-11/h5,7,10,12-13H,2-4,6,8-9H2,1H3. The minimum Gasteiger partial charge on any atom is -0.385 e. The maximum atomic E-state index is 4.98. The van der Waals surface area contributed by atoms with Gasteiger partial charge < -0.3 is 15.0 Å². The third-order valence-corrected chi connectivity index (χ3v) is 2.19. The number of rotatable bonds is 8. The van der Waals surface area contributed by atoms with E-state index < -0.39 is 0 Å². The maximum absolute atomic E-state index is 4.98. The van der Waals surface area contributed by atoms with Crippen LogP contribution in [0.25, 0.3) is 0 Å². The molecule has 1 aromatic heterocycles. The number of ether oxygens (including phenoxy) is 1. The molecule has 0 fully saturated rings. The largest absolute Gasteiger partial charge is 0.385 e. The summed E-state index contributed by atoms with van der Waals surface area (Å²) < 4.78 is 4.98. The van der Waals surface area contributed by atoms with E-state index in [0.29, 0.717) is 0 Å². The van der Waals surface area contributed by atoms with Gasteiger partial charge in [0, 0.05) is 32.7 Å². The highest BCUT2D eigenvalue weighted by molar-refractivity contribution is 5.07. The van der Waals surface area contributed by atoms with E-state index >= 15 is 0 Å². The Morgan fingerprint density at radius 1 is 1.36 bits per heavy atom. The molecule has 0 aliphatic heterocycles. The van der Waals surface area contributed by atoms with Crippen molar-refractivity contribution in [1.82, 2.24) is 10.3 Å². The number of aromatic amines is 1. The third-order valence-electron chi connectivity index (χ3n) is 2.19. The number of hydrogen-bond acceptors (Lipinski definition) is 2. The normalized spacial score (nSPS) is 10.6. The Morgan fingerprint density at radius 2 is 2.29 bits per heavy atom. The summed E-state index contributed by atoms with van der Waals surface area (Å²) in [5.74, 6) is 0. The number of hydrogen-bond donors (Lipinski definition) is 2. The van der Waals surface area contributed by atoms with Gasteiger partial charge in [-0.2, -0.15) is 0 Å². The zero-order chi connectivity index (χ0) is 10.1. The predicted molar refractivity (Wildman–Crippen MR) is 58.2 cm³/mol. The summed E-state index contributed by atoms with van der Waals surface area (Å²) in [5.41, 5.74) is 1.32. The number of methoxy groups -OCH3 is 1. The van der Waals surface area contributed by atoms with Crippen molar-refractivity contribution >= 4 is 0 Å². The zero-order valence-corrected chi connectivity index (χ0v) is 8.88. The average molecular weight is 196 g/mol. The minimum absolute atomic E-state index is 0.887. The second-order valence-corrected chi connectivity index (χ2v) is 3.45. The lowest BCUT2D eigenvalue weighted by atomic mass is 10.2. The lowest BCUT2D eigenvalue weighted by Gasteiger charge is -2.02. The molecule has 80 valence electrons. The van der Waals surface area contributed by atoms with Gasteiger partial charge in [0.1, 0.15) is 0 Å². The van der Waals surface area contributed by atoms with Crippen LogP contribution in [0.15, 0.2) is 18.5 Å². The summed E-state index contributed by atoms with van der Waals surface area (Å²) in [6, 6.07) is 2.10. The Balaban J connectivity index is 1.85. The average Bonchev–Trinajstić information content (AvgIpc) is 2.69. The van der Waals surface area contributed by atoms with Crippen molar-refractivity contribution in [3.8, 4) is 0 Å². The predicted octanol–water partition coefficient (Wildman–Crippen LogP) is 1.92. The van der Waals surface area contributed by atoms with Crippen molar-refractivity contribution in [2.45, 2.75) is 25.8 Å². The fraction of sp³-hybridized carbons (Fsp3) is 0.636. The molecule has 3 heteroatoms. The molecule has 0 aliphatic carbocycles. The van der Waals surface area contributed by atoms with E-state index in [-0.39, 0.29) is 0 Å². The quantitative estimate of drug-likeness (QED) is 0.623. The Hall–Kier alpha value is -0.800. The highest BCUT2D eigenvalue weighted by Gasteiger charge is 1.92. The van der Waals surface area contributed by atoms with Crippen LogP contribution in [0.4, 0.5) is 0 Å². The molecule has 0 saturated carbocycles. The molecular weight excluding hydrogens is 176 g/mol. The van der Waals surface area contributed by atoms with Gasteiger partial charge in [0.2, 0.25) is 0 Å². The Labute approximate surface area is 85.9 Å². The number of H-pyrrole nitrogens is 1. The molecule has 0 spiro atoms. The van der Waals surface area contributed by atoms with Crippen molar-refractivity contribution in [2.75, 3.05) is 20.3 Å². The van der Waals surface area contributed by atoms with Gasteiger partial charge in [0.15, 0.2) is 0 Å². The molecule has 0 aliphatic rings. The summed E-state index contributed by atoms with van der Waals surface area (Å²) in [4.78, 5) is 3.04. The van der Waals surface area contributed by atoms with E-state index in [2.05, 4.69) is 16.4 Å². The van der Waals surface area contributed by atoms with Gasteiger partial charge in [-0.05, 0) is 37.4 Å². The Morgan fingerprint density at radius 3 is 3.00 bits per heavy atom. The summed E-state index contributed by atoms with van der Waals surface area (Å²) >= 11 is 0. The van der Waals surface area contributed by atoms with E-state index in [1.807, 2.05) is 12.4 Å². The fourth-order valence-corrected chi connectivity index (χ4v) is 1.37. The van der Waals surface area contributed by atoms with Gasteiger partial charge in [-0.15, -0.1) is 0 Å². The van der Waals surface area contributed by atoms with Gasteiger partial charge >= 0.3 is 0 Å². The number of unbranched alkanes of at least 4 members (excludes halogenated alkanes) is 2. The van der Waals surface area contributed by atoms with Crippen molar-refractivity contribution in [1.29, 1.82) is 0 Å². The molecule has 3 nitrogen and oxygen atoms in total. The summed E-state index contributed by atoms with van der Waals surface area (Å²) in [6.07, 6.45) is 7.62. The van der Waals surface area contributed by atoms with Crippen LogP contribution in [0.5, 0.6) is 0 Å². The topological polar surface area (TPSA) is 37.0 Å². The summed E-state index contributed by atoms with van der Waals surface area (Å²) in [7, 11) is 1.75. The maximum Gasteiger partial charge on any atom is 0.0462 e. The van der Waals surface area contributed by atoms with Gasteiger partial charge in [0.05, 0.1) is 0 Å². The highest BCUT2D eigenvalue weighted by atomic mass is 16.5. The first-order chi connectivity index (χ1) is 6.93. The monoisotopic (exact) mass is 196 g/mol. The van der Waals surface area contributed by atoms with Gasteiger partial charge in [-0.25, -0.2) is 0 Å². The second-order valence-electron chi connectivity index (χ2n) is 3.45. The molecule has 14 heavy (non-hydrogen) atoms. The van der Waals surface area contributed by atoms with Crippen LogP contribution in [-0.4, -0.2) is 25.2 Å². The van der Waals surface area contributed by atoms with Gasteiger partial charge in [-0.1, -0.05) is 0 Å². The minimum atomic E-state index is 0.887. The smallest absolute Gasteiger partial charge is 0.0462 e. The lowest BCUT2D eigenvalue weighted by molar-refractivity contribution is 0.192. The van der Waals surface area contributed by atoms with Crippen LogP contribution >= 0.6 is 0 Å². The van der Waals surface area contributed by atoms with Gasteiger partial charge in [0.25, 0.3) is 0 Å². The molecule has 1 rings (SSSR count). The Kier molecular flexibility index (Phi) is 6.11. The van der Waals surface area contributed by atoms with Crippen LogP contribution in [0.2, 0.25) is 0 Å². The fourth-order valence-electron chi connectivity index (χ4n) is 1.37. The third kappa shape index (κ3) is 5.04. The molecule has 0 bridgehead atoms. The van der Waals surface area contributed by atoms with Crippen LogP contribution in [0, 0.1) is 0 Å². The summed E-state index contributed by atoms with van der Waals surface area (Å²) in [5, 5.41) is 3.40. The highest BCUT2D eigenvalue weighted by Crippen LogP contribution is 1.97. The van der Waals surface area contributed by atoms with Crippen LogP contribution in [0.3, 0.4) is 0 Å². The molecule has 0 aromatic carbocycles. The Bertz CT molecular complexity index is 209. The summed E-state index contributed by atoms with van der Waals surface area (Å²) in [6.45, 7) is 2.94. The van der Waals surface area contributed by atoms with Crippen molar-refractivity contribution in [2.24, 2.45) is 0 Å². The molecule has 1 aromatic rings. The first kappa shape index (κ1) is 11.3. The van der Waals surface area contributed by atoms with Crippen molar-refractivity contribution in [3.63, 3.8) is 0 Å². The first-order valence-corrected chi connectivity index (χ1v) is 5.25. The molecule has 0 atom stereocenters.